The molecule has 0 atom stereocenters. The van der Waals surface area contributed by atoms with E-state index in [4.69, 9.17) is 0 Å². The first kappa shape index (κ1) is 16.7. The van der Waals surface area contributed by atoms with Crippen molar-refractivity contribution < 1.29 is 0 Å². The van der Waals surface area contributed by atoms with Crippen molar-refractivity contribution in [3.05, 3.63) is 11.9 Å². The summed E-state index contributed by atoms with van der Waals surface area (Å²) in [5.74, 6) is 2.79. The lowest BCUT2D eigenvalue weighted by molar-refractivity contribution is 0.376. The highest BCUT2D eigenvalue weighted by molar-refractivity contribution is 5.47. The van der Waals surface area contributed by atoms with Gasteiger partial charge in [0.15, 0.2) is 0 Å². The van der Waals surface area contributed by atoms with Crippen molar-refractivity contribution in [1.29, 1.82) is 0 Å². The molecule has 0 spiro atoms. The van der Waals surface area contributed by atoms with E-state index < -0.39 is 0 Å². The minimum Gasteiger partial charge on any atom is -0.370 e. The number of nitrogens with one attached hydrogen (secondary N) is 2. The second-order valence-corrected chi connectivity index (χ2v) is 6.10. The van der Waals surface area contributed by atoms with Crippen molar-refractivity contribution in [3.63, 3.8) is 0 Å². The monoisotopic (exact) mass is 278 g/mol. The highest BCUT2D eigenvalue weighted by Gasteiger charge is 2.15. The van der Waals surface area contributed by atoms with E-state index in [2.05, 4.69) is 55.2 Å². The predicted molar refractivity (Wildman–Crippen MR) is 87.4 cm³/mol. The lowest BCUT2D eigenvalue weighted by Crippen LogP contribution is -2.22. The van der Waals surface area contributed by atoms with E-state index in [0.717, 1.165) is 56.2 Å². The van der Waals surface area contributed by atoms with E-state index in [-0.39, 0.29) is 5.41 Å². The summed E-state index contributed by atoms with van der Waals surface area (Å²) in [5, 5.41) is 6.81. The number of nitrogens with zero attached hydrogens (tertiary/aromatic N) is 2. The molecule has 20 heavy (non-hydrogen) atoms. The molecule has 0 aliphatic carbocycles. The molecule has 0 bridgehead atoms. The fourth-order valence-electron chi connectivity index (χ4n) is 1.72. The third-order valence-electron chi connectivity index (χ3n) is 3.51. The van der Waals surface area contributed by atoms with E-state index in [0.29, 0.717) is 0 Å². The van der Waals surface area contributed by atoms with Crippen LogP contribution in [0.25, 0.3) is 0 Å². The van der Waals surface area contributed by atoms with Crippen LogP contribution in [0.2, 0.25) is 0 Å². The highest BCUT2D eigenvalue weighted by Crippen LogP contribution is 2.21. The van der Waals surface area contributed by atoms with Gasteiger partial charge in [-0.25, -0.2) is 9.97 Å². The molecule has 0 amide bonds. The largest absolute Gasteiger partial charge is 0.370 e. The molecule has 114 valence electrons. The molecule has 0 unspecified atom stereocenters. The molecule has 1 aromatic rings. The Kier molecular flexibility index (Phi) is 6.76. The molecule has 0 aliphatic heterocycles. The van der Waals surface area contributed by atoms with Crippen LogP contribution in [-0.4, -0.2) is 23.1 Å². The van der Waals surface area contributed by atoms with Crippen LogP contribution < -0.4 is 10.6 Å². The maximum atomic E-state index is 4.61. The summed E-state index contributed by atoms with van der Waals surface area (Å²) in [7, 11) is 0. The van der Waals surface area contributed by atoms with Crippen LogP contribution in [0.15, 0.2) is 6.07 Å². The second-order valence-electron chi connectivity index (χ2n) is 6.10. The molecule has 0 saturated carbocycles. The molecule has 0 fully saturated rings. The Balaban J connectivity index is 2.79. The lowest BCUT2D eigenvalue weighted by Gasteiger charge is -2.23. The molecule has 1 aromatic heterocycles. The minimum atomic E-state index is 0.285. The zero-order chi connectivity index (χ0) is 15.0. The Labute approximate surface area is 123 Å². The molecule has 0 saturated heterocycles. The van der Waals surface area contributed by atoms with Crippen LogP contribution in [0.3, 0.4) is 0 Å². The number of hydrogen-bond acceptors (Lipinski definition) is 4. The summed E-state index contributed by atoms with van der Waals surface area (Å²) in [6.45, 7) is 12.9. The van der Waals surface area contributed by atoms with E-state index in [9.17, 15) is 0 Å². The van der Waals surface area contributed by atoms with Crippen molar-refractivity contribution in [2.75, 3.05) is 23.7 Å². The van der Waals surface area contributed by atoms with Gasteiger partial charge in [0.25, 0.3) is 0 Å². The van der Waals surface area contributed by atoms with Gasteiger partial charge in [0.2, 0.25) is 0 Å². The van der Waals surface area contributed by atoms with Gasteiger partial charge < -0.3 is 10.6 Å². The van der Waals surface area contributed by atoms with Crippen LogP contribution in [0.1, 0.15) is 59.7 Å². The maximum absolute atomic E-state index is 4.61. The minimum absolute atomic E-state index is 0.285. The Hall–Kier alpha value is -1.32. The Morgan fingerprint density at radius 1 is 1.00 bits per heavy atom. The first-order valence-electron chi connectivity index (χ1n) is 7.86. The van der Waals surface area contributed by atoms with Gasteiger partial charge in [-0.05, 0) is 24.7 Å². The molecule has 1 rings (SSSR count). The normalized spacial score (nSPS) is 11.4. The molecular weight excluding hydrogens is 248 g/mol. The van der Waals surface area contributed by atoms with Gasteiger partial charge in [-0.2, -0.15) is 0 Å². The Morgan fingerprint density at radius 3 is 2.20 bits per heavy atom. The number of anilines is 2. The Morgan fingerprint density at radius 2 is 1.65 bits per heavy atom. The Bertz CT molecular complexity index is 401. The van der Waals surface area contributed by atoms with Gasteiger partial charge in [-0.3, -0.25) is 0 Å². The third-order valence-corrected chi connectivity index (χ3v) is 3.51. The first-order valence-corrected chi connectivity index (χ1v) is 7.86. The molecule has 4 heteroatoms. The molecule has 0 aromatic carbocycles. The highest BCUT2D eigenvalue weighted by atomic mass is 15.1. The van der Waals surface area contributed by atoms with Gasteiger partial charge in [0.05, 0.1) is 0 Å². The number of hydrogen-bond donors (Lipinski definition) is 2. The fraction of sp³-hybridized carbons (Fsp3) is 0.750. The smallest absolute Gasteiger partial charge is 0.133 e. The van der Waals surface area contributed by atoms with Gasteiger partial charge in [0, 0.05) is 25.6 Å². The molecule has 0 aliphatic rings. The van der Waals surface area contributed by atoms with Crippen molar-refractivity contribution in [1.82, 2.24) is 9.97 Å². The van der Waals surface area contributed by atoms with E-state index in [1.807, 2.05) is 6.07 Å². The van der Waals surface area contributed by atoms with Crippen LogP contribution in [0, 0.1) is 5.41 Å². The zero-order valence-corrected chi connectivity index (χ0v) is 13.7. The number of rotatable bonds is 9. The van der Waals surface area contributed by atoms with Crippen LogP contribution in [0.5, 0.6) is 0 Å². The van der Waals surface area contributed by atoms with E-state index >= 15 is 0 Å². The lowest BCUT2D eigenvalue weighted by atomic mass is 9.90. The van der Waals surface area contributed by atoms with Crippen LogP contribution in [0.4, 0.5) is 11.6 Å². The molecule has 0 radical (unpaired) electrons. The molecule has 4 nitrogen and oxygen atoms in total. The summed E-state index contributed by atoms with van der Waals surface area (Å²) in [6.07, 6.45) is 4.23. The average molecular weight is 278 g/mol. The van der Waals surface area contributed by atoms with E-state index in [1.165, 1.54) is 0 Å². The number of aryl methyl sites for hydroxylation is 1. The quantitative estimate of drug-likeness (QED) is 0.714. The second kappa shape index (κ2) is 8.08. The average Bonchev–Trinajstić information content (AvgIpc) is 2.43. The van der Waals surface area contributed by atoms with Gasteiger partial charge in [-0.15, -0.1) is 0 Å². The molecule has 1 heterocycles. The topological polar surface area (TPSA) is 49.8 Å². The number of aromatic nitrogens is 2. The molecular formula is C16H30N4. The summed E-state index contributed by atoms with van der Waals surface area (Å²) in [6, 6.07) is 2.01. The van der Waals surface area contributed by atoms with Crippen molar-refractivity contribution >= 4 is 11.6 Å². The van der Waals surface area contributed by atoms with Crippen molar-refractivity contribution in [2.45, 2.75) is 60.3 Å². The van der Waals surface area contributed by atoms with Gasteiger partial charge in [-0.1, -0.05) is 34.6 Å². The SMILES string of the molecule is CCCNc1cc(NCC(C)(C)CC)nc(CCC)n1. The van der Waals surface area contributed by atoms with Crippen molar-refractivity contribution in [3.8, 4) is 0 Å². The predicted octanol–water partition coefficient (Wildman–Crippen LogP) is 4.10. The summed E-state index contributed by atoms with van der Waals surface area (Å²) >= 11 is 0. The summed E-state index contributed by atoms with van der Waals surface area (Å²) < 4.78 is 0. The zero-order valence-electron chi connectivity index (χ0n) is 13.7. The first-order chi connectivity index (χ1) is 9.50. The summed E-state index contributed by atoms with van der Waals surface area (Å²) in [4.78, 5) is 9.17. The fourth-order valence-corrected chi connectivity index (χ4v) is 1.72. The van der Waals surface area contributed by atoms with Gasteiger partial charge >= 0.3 is 0 Å². The van der Waals surface area contributed by atoms with Crippen LogP contribution in [-0.2, 0) is 6.42 Å². The third kappa shape index (κ3) is 5.76. The summed E-state index contributed by atoms with van der Waals surface area (Å²) in [5.41, 5.74) is 0.285. The van der Waals surface area contributed by atoms with Gasteiger partial charge in [0.1, 0.15) is 17.5 Å². The molecule has 2 N–H and O–H groups in total. The van der Waals surface area contributed by atoms with Crippen LogP contribution >= 0.6 is 0 Å². The van der Waals surface area contributed by atoms with E-state index in [1.54, 1.807) is 0 Å². The standard InChI is InChI=1S/C16H30N4/c1-6-9-13-19-14(17-10-7-2)11-15(20-13)18-12-16(4,5)8-3/h11H,6-10,12H2,1-5H3,(H2,17,18,19,20). The van der Waals surface area contributed by atoms with Crippen molar-refractivity contribution in [2.24, 2.45) is 5.41 Å². The maximum Gasteiger partial charge on any atom is 0.133 e.